The molecule has 0 spiro atoms. The SMILES string of the molecule is NS(=O)(=O)c1ccc(Br)c(C(=O)OCC(=O)Nc2ccc(Cl)cc2[N+](=O)[O-])c1. The zero-order chi connectivity index (χ0) is 21.1. The van der Waals surface area contributed by atoms with Crippen LogP contribution in [0.5, 0.6) is 0 Å². The maximum atomic E-state index is 12.1. The van der Waals surface area contributed by atoms with Crippen molar-refractivity contribution in [3.8, 4) is 0 Å². The van der Waals surface area contributed by atoms with Gasteiger partial charge in [0, 0.05) is 15.6 Å². The smallest absolute Gasteiger partial charge is 0.339 e. The van der Waals surface area contributed by atoms with E-state index in [0.29, 0.717) is 0 Å². The minimum absolute atomic E-state index is 0.107. The standard InChI is InChI=1S/C15H11BrClN3O7S/c16-11-3-2-9(28(18,25)26)6-10(11)15(22)27-7-14(21)19-12-4-1-8(17)5-13(12)20(23)24/h1-6H,7H2,(H,19,21)(H2,18,25,26). The molecule has 2 aromatic carbocycles. The number of benzene rings is 2. The number of ether oxygens (including phenoxy) is 1. The number of sulfonamides is 1. The fourth-order valence-electron chi connectivity index (χ4n) is 1.99. The number of halogens is 2. The van der Waals surface area contributed by atoms with E-state index in [4.69, 9.17) is 21.5 Å². The van der Waals surface area contributed by atoms with Crippen molar-refractivity contribution in [2.24, 2.45) is 5.14 Å². The van der Waals surface area contributed by atoms with Gasteiger partial charge in [-0.1, -0.05) is 11.6 Å². The molecule has 13 heteroatoms. The van der Waals surface area contributed by atoms with Gasteiger partial charge in [0.25, 0.3) is 11.6 Å². The first-order chi connectivity index (χ1) is 13.0. The number of nitrogens with two attached hydrogens (primary N) is 1. The Hall–Kier alpha value is -2.54. The number of esters is 1. The fraction of sp³-hybridized carbons (Fsp3) is 0.0667. The second-order valence-electron chi connectivity index (χ2n) is 5.23. The number of rotatable bonds is 6. The zero-order valence-electron chi connectivity index (χ0n) is 13.7. The molecular weight excluding hydrogens is 482 g/mol. The Balaban J connectivity index is 2.10. The Labute approximate surface area is 171 Å². The van der Waals surface area contributed by atoms with Crippen LogP contribution in [0.1, 0.15) is 10.4 Å². The molecule has 2 rings (SSSR count). The highest BCUT2D eigenvalue weighted by Crippen LogP contribution is 2.27. The van der Waals surface area contributed by atoms with Gasteiger partial charge in [-0.05, 0) is 46.3 Å². The van der Waals surface area contributed by atoms with E-state index < -0.39 is 39.1 Å². The molecule has 0 aliphatic carbocycles. The summed E-state index contributed by atoms with van der Waals surface area (Å²) in [6.45, 7) is -0.773. The lowest BCUT2D eigenvalue weighted by molar-refractivity contribution is -0.383. The van der Waals surface area contributed by atoms with Gasteiger partial charge in [-0.3, -0.25) is 14.9 Å². The van der Waals surface area contributed by atoms with Gasteiger partial charge in [0.1, 0.15) is 5.69 Å². The van der Waals surface area contributed by atoms with E-state index in [-0.39, 0.29) is 25.6 Å². The number of hydrogen-bond donors (Lipinski definition) is 2. The summed E-state index contributed by atoms with van der Waals surface area (Å²) in [6.07, 6.45) is 0. The normalized spacial score (nSPS) is 11.0. The number of nitro groups is 1. The van der Waals surface area contributed by atoms with Crippen molar-refractivity contribution >= 4 is 60.8 Å². The van der Waals surface area contributed by atoms with Crippen molar-refractivity contribution in [1.29, 1.82) is 0 Å². The molecule has 0 aromatic heterocycles. The fourth-order valence-corrected chi connectivity index (χ4v) is 3.11. The average Bonchev–Trinajstić information content (AvgIpc) is 2.60. The topological polar surface area (TPSA) is 159 Å². The molecule has 0 saturated carbocycles. The van der Waals surface area contributed by atoms with Crippen LogP contribution in [0.3, 0.4) is 0 Å². The van der Waals surface area contributed by atoms with Crippen LogP contribution in [0.2, 0.25) is 5.02 Å². The van der Waals surface area contributed by atoms with Crippen LogP contribution < -0.4 is 10.5 Å². The minimum Gasteiger partial charge on any atom is -0.452 e. The minimum atomic E-state index is -4.05. The van der Waals surface area contributed by atoms with Crippen molar-refractivity contribution in [3.63, 3.8) is 0 Å². The second-order valence-corrected chi connectivity index (χ2v) is 8.08. The van der Waals surface area contributed by atoms with Crippen LogP contribution in [0.15, 0.2) is 45.8 Å². The van der Waals surface area contributed by atoms with Gasteiger partial charge >= 0.3 is 5.97 Å². The van der Waals surface area contributed by atoms with E-state index in [1.165, 1.54) is 24.3 Å². The Morgan fingerprint density at radius 2 is 1.93 bits per heavy atom. The highest BCUT2D eigenvalue weighted by molar-refractivity contribution is 9.10. The van der Waals surface area contributed by atoms with E-state index in [9.17, 15) is 28.1 Å². The van der Waals surface area contributed by atoms with Gasteiger partial charge in [0.2, 0.25) is 10.0 Å². The number of nitrogens with zero attached hydrogens (tertiary/aromatic N) is 1. The van der Waals surface area contributed by atoms with E-state index in [1.54, 1.807) is 0 Å². The van der Waals surface area contributed by atoms with Crippen molar-refractivity contribution in [1.82, 2.24) is 0 Å². The molecule has 0 aliphatic rings. The molecule has 0 radical (unpaired) electrons. The number of hydrogen-bond acceptors (Lipinski definition) is 7. The summed E-state index contributed by atoms with van der Waals surface area (Å²) >= 11 is 8.75. The van der Waals surface area contributed by atoms with E-state index in [2.05, 4.69) is 21.2 Å². The summed E-state index contributed by atoms with van der Waals surface area (Å²) in [4.78, 5) is 34.0. The highest BCUT2D eigenvalue weighted by Gasteiger charge is 2.20. The third-order valence-electron chi connectivity index (χ3n) is 3.25. The molecule has 0 saturated heterocycles. The number of primary sulfonamides is 1. The lowest BCUT2D eigenvalue weighted by Gasteiger charge is -2.09. The van der Waals surface area contributed by atoms with E-state index in [1.807, 2.05) is 0 Å². The molecule has 0 unspecified atom stereocenters. The van der Waals surface area contributed by atoms with E-state index in [0.717, 1.165) is 12.1 Å². The maximum Gasteiger partial charge on any atom is 0.339 e. The van der Waals surface area contributed by atoms with Crippen molar-refractivity contribution in [2.75, 3.05) is 11.9 Å². The second kappa shape index (κ2) is 8.65. The molecule has 1 amide bonds. The summed E-state index contributed by atoms with van der Waals surface area (Å²) in [6, 6.07) is 7.08. The summed E-state index contributed by atoms with van der Waals surface area (Å²) in [5.41, 5.74) is -0.736. The third kappa shape index (κ3) is 5.48. The number of nitrogens with one attached hydrogen (secondary N) is 1. The van der Waals surface area contributed by atoms with E-state index >= 15 is 0 Å². The van der Waals surface area contributed by atoms with Crippen LogP contribution in [-0.4, -0.2) is 31.8 Å². The quantitative estimate of drug-likeness (QED) is 0.356. The number of carbonyl (C=O) groups excluding carboxylic acids is 2. The van der Waals surface area contributed by atoms with Crippen molar-refractivity contribution < 1.29 is 27.7 Å². The Morgan fingerprint density at radius 1 is 1.25 bits per heavy atom. The molecule has 3 N–H and O–H groups in total. The lowest BCUT2D eigenvalue weighted by Crippen LogP contribution is -2.22. The summed E-state index contributed by atoms with van der Waals surface area (Å²) in [5.74, 6) is -1.85. The molecule has 0 heterocycles. The predicted molar refractivity (Wildman–Crippen MR) is 103 cm³/mol. The first kappa shape index (κ1) is 21.8. The number of carbonyl (C=O) groups is 2. The predicted octanol–water partition coefficient (Wildman–Crippen LogP) is 2.45. The van der Waals surface area contributed by atoms with Crippen LogP contribution in [0.4, 0.5) is 11.4 Å². The summed E-state index contributed by atoms with van der Waals surface area (Å²) < 4.78 is 27.8. The number of amides is 1. The van der Waals surface area contributed by atoms with Gasteiger partial charge in [0.05, 0.1) is 15.4 Å². The van der Waals surface area contributed by atoms with Crippen molar-refractivity contribution in [2.45, 2.75) is 4.90 Å². The van der Waals surface area contributed by atoms with Gasteiger partial charge in [0.15, 0.2) is 6.61 Å². The average molecular weight is 493 g/mol. The molecular formula is C15H11BrClN3O7S. The number of anilines is 1. The maximum absolute atomic E-state index is 12.1. The largest absolute Gasteiger partial charge is 0.452 e. The first-order valence-electron chi connectivity index (χ1n) is 7.22. The van der Waals surface area contributed by atoms with Crippen LogP contribution in [-0.2, 0) is 19.6 Å². The molecule has 0 atom stereocenters. The third-order valence-corrected chi connectivity index (χ3v) is 5.09. The number of nitro benzene ring substituents is 1. The molecule has 148 valence electrons. The summed E-state index contributed by atoms with van der Waals surface area (Å²) in [5, 5.41) is 18.4. The van der Waals surface area contributed by atoms with Gasteiger partial charge in [-0.25, -0.2) is 18.4 Å². The Morgan fingerprint density at radius 3 is 2.54 bits per heavy atom. The van der Waals surface area contributed by atoms with Crippen LogP contribution in [0.25, 0.3) is 0 Å². The van der Waals surface area contributed by atoms with Crippen molar-refractivity contribution in [3.05, 3.63) is 61.6 Å². The Bertz CT molecular complexity index is 1080. The molecule has 0 bridgehead atoms. The molecule has 0 aliphatic heterocycles. The zero-order valence-corrected chi connectivity index (χ0v) is 16.9. The van der Waals surface area contributed by atoms with Gasteiger partial charge in [-0.15, -0.1) is 0 Å². The monoisotopic (exact) mass is 491 g/mol. The molecule has 0 fully saturated rings. The van der Waals surface area contributed by atoms with Crippen LogP contribution in [0, 0.1) is 10.1 Å². The lowest BCUT2D eigenvalue weighted by atomic mass is 10.2. The van der Waals surface area contributed by atoms with Gasteiger partial charge in [-0.2, -0.15) is 0 Å². The first-order valence-corrected chi connectivity index (χ1v) is 9.94. The highest BCUT2D eigenvalue weighted by atomic mass is 79.9. The molecule has 2 aromatic rings. The molecule has 28 heavy (non-hydrogen) atoms. The molecule has 10 nitrogen and oxygen atoms in total. The van der Waals surface area contributed by atoms with Gasteiger partial charge < -0.3 is 10.1 Å². The summed E-state index contributed by atoms with van der Waals surface area (Å²) in [7, 11) is -4.05. The Kier molecular flexibility index (Phi) is 6.72. The van der Waals surface area contributed by atoms with Crippen LogP contribution >= 0.6 is 27.5 Å².